The number of rotatable bonds is 4. The van der Waals surface area contributed by atoms with Gasteiger partial charge in [-0.25, -0.2) is 9.37 Å². The third-order valence-electron chi connectivity index (χ3n) is 4.71. The predicted molar refractivity (Wildman–Crippen MR) is 113 cm³/mol. The number of nitrogens with zero attached hydrogens (tertiary/aromatic N) is 1. The van der Waals surface area contributed by atoms with Crippen LogP contribution in [0.1, 0.15) is 29.0 Å². The van der Waals surface area contributed by atoms with E-state index in [1.807, 2.05) is 6.07 Å². The molecule has 28 heavy (non-hydrogen) atoms. The van der Waals surface area contributed by atoms with Gasteiger partial charge in [-0.05, 0) is 49.7 Å². The Kier molecular flexibility index (Phi) is 5.47. The van der Waals surface area contributed by atoms with Crippen molar-refractivity contribution >= 4 is 40.4 Å². The molecule has 8 heteroatoms. The van der Waals surface area contributed by atoms with Gasteiger partial charge in [0.1, 0.15) is 11.9 Å². The van der Waals surface area contributed by atoms with Gasteiger partial charge in [0.2, 0.25) is 0 Å². The molecule has 0 saturated heterocycles. The zero-order valence-electron chi connectivity index (χ0n) is 15.1. The van der Waals surface area contributed by atoms with Crippen LogP contribution >= 0.6 is 34.5 Å². The van der Waals surface area contributed by atoms with Crippen LogP contribution in [0.4, 0.5) is 10.2 Å². The fraction of sp³-hybridized carbons (Fsp3) is 0.250. The number of benzene rings is 1. The van der Waals surface area contributed by atoms with Gasteiger partial charge in [0.15, 0.2) is 11.6 Å². The molecule has 1 atom stereocenters. The van der Waals surface area contributed by atoms with Crippen LogP contribution in [0.15, 0.2) is 30.5 Å². The summed E-state index contributed by atoms with van der Waals surface area (Å²) in [7, 11) is 0. The van der Waals surface area contributed by atoms with Crippen LogP contribution in [0.2, 0.25) is 10.0 Å². The largest absolute Gasteiger partial charge is 0.482 e. The van der Waals surface area contributed by atoms with Crippen LogP contribution in [-0.4, -0.2) is 11.5 Å². The van der Waals surface area contributed by atoms with Gasteiger partial charge in [0.25, 0.3) is 0 Å². The van der Waals surface area contributed by atoms with Gasteiger partial charge in [-0.15, -0.1) is 11.3 Å². The van der Waals surface area contributed by atoms with Crippen molar-refractivity contribution in [2.75, 3.05) is 12.3 Å². The first-order chi connectivity index (χ1) is 13.4. The summed E-state index contributed by atoms with van der Waals surface area (Å²) in [6.07, 6.45) is 2.15. The fourth-order valence-corrected chi connectivity index (χ4v) is 5.08. The summed E-state index contributed by atoms with van der Waals surface area (Å²) in [5.74, 6) is 0.113. The Bertz CT molecular complexity index is 1020. The van der Waals surface area contributed by atoms with Crippen LogP contribution in [0.25, 0.3) is 10.4 Å². The lowest BCUT2D eigenvalue weighted by Crippen LogP contribution is -2.21. The second-order valence-corrected chi connectivity index (χ2v) is 8.53. The lowest BCUT2D eigenvalue weighted by Gasteiger charge is -2.19. The summed E-state index contributed by atoms with van der Waals surface area (Å²) in [6.45, 7) is 3.62. The minimum atomic E-state index is -0.601. The Hall–Kier alpha value is -1.86. The Labute approximate surface area is 176 Å². The first-order valence-electron chi connectivity index (χ1n) is 8.82. The molecule has 1 aliphatic rings. The SMILES string of the molecule is C[C@@H](Oc1cc(-c2cc3c(s2)CNCC3)cnc1N)c1c(Cl)ccc(F)c1Cl. The molecule has 4 rings (SSSR count). The lowest BCUT2D eigenvalue weighted by atomic mass is 10.1. The van der Waals surface area contributed by atoms with Crippen LogP contribution in [0, 0.1) is 5.82 Å². The number of aromatic nitrogens is 1. The number of fused-ring (bicyclic) bond motifs is 1. The third-order valence-corrected chi connectivity index (χ3v) is 6.65. The molecule has 2 aromatic heterocycles. The van der Waals surface area contributed by atoms with E-state index in [0.717, 1.165) is 30.0 Å². The Morgan fingerprint density at radius 3 is 2.93 bits per heavy atom. The summed E-state index contributed by atoms with van der Waals surface area (Å²) < 4.78 is 19.8. The smallest absolute Gasteiger partial charge is 0.166 e. The molecule has 3 aromatic rings. The van der Waals surface area contributed by atoms with E-state index in [4.69, 9.17) is 33.7 Å². The molecule has 146 valence electrons. The maximum Gasteiger partial charge on any atom is 0.166 e. The zero-order valence-corrected chi connectivity index (χ0v) is 17.4. The Morgan fingerprint density at radius 2 is 2.14 bits per heavy atom. The standard InChI is InChI=1S/C20H18Cl2FN3OS/c1-10(18-13(21)2-3-14(23)19(18)22)27-15-6-12(8-26-20(15)24)16-7-11-4-5-25-9-17(11)28-16/h2-3,6-8,10,25H,4-5,9H2,1H3,(H2,24,26)/t10-/m1/s1. The molecule has 4 nitrogen and oxygen atoms in total. The molecule has 0 saturated carbocycles. The van der Waals surface area contributed by atoms with Crippen molar-refractivity contribution in [3.8, 4) is 16.2 Å². The average molecular weight is 438 g/mol. The quantitative estimate of drug-likeness (QED) is 0.519. The molecule has 0 radical (unpaired) electrons. The van der Waals surface area contributed by atoms with Crippen molar-refractivity contribution in [1.82, 2.24) is 10.3 Å². The first kappa shape index (κ1) is 19.5. The molecule has 3 N–H and O–H groups in total. The minimum Gasteiger partial charge on any atom is -0.482 e. The molecular weight excluding hydrogens is 420 g/mol. The number of thiophene rings is 1. The number of ether oxygens (including phenoxy) is 1. The molecule has 0 spiro atoms. The summed E-state index contributed by atoms with van der Waals surface area (Å²) in [5, 5.41) is 3.66. The molecule has 1 aliphatic heterocycles. The zero-order chi connectivity index (χ0) is 19.8. The number of anilines is 1. The summed E-state index contributed by atoms with van der Waals surface area (Å²) in [5.41, 5.74) is 8.68. The van der Waals surface area contributed by atoms with E-state index in [0.29, 0.717) is 16.3 Å². The molecule has 0 unspecified atom stereocenters. The lowest BCUT2D eigenvalue weighted by molar-refractivity contribution is 0.227. The second-order valence-electron chi connectivity index (χ2n) is 6.61. The molecule has 0 bridgehead atoms. The number of hydrogen-bond donors (Lipinski definition) is 2. The summed E-state index contributed by atoms with van der Waals surface area (Å²) in [4.78, 5) is 6.73. The van der Waals surface area contributed by atoms with Gasteiger partial charge < -0.3 is 15.8 Å². The summed E-state index contributed by atoms with van der Waals surface area (Å²) in [6, 6.07) is 6.73. The maximum absolute atomic E-state index is 13.8. The number of halogens is 3. The van der Waals surface area contributed by atoms with E-state index in [1.165, 1.54) is 22.6 Å². The molecular formula is C20H18Cl2FN3OS. The maximum atomic E-state index is 13.8. The first-order valence-corrected chi connectivity index (χ1v) is 10.4. The van der Waals surface area contributed by atoms with E-state index in [9.17, 15) is 4.39 Å². The highest BCUT2D eigenvalue weighted by Gasteiger charge is 2.21. The van der Waals surface area contributed by atoms with Gasteiger partial charge in [-0.3, -0.25) is 0 Å². The number of nitrogen functional groups attached to an aromatic ring is 1. The Morgan fingerprint density at radius 1 is 1.32 bits per heavy atom. The van der Waals surface area contributed by atoms with E-state index < -0.39 is 11.9 Å². The van der Waals surface area contributed by atoms with Crippen molar-refractivity contribution in [1.29, 1.82) is 0 Å². The topological polar surface area (TPSA) is 60.2 Å². The van der Waals surface area contributed by atoms with Gasteiger partial charge in [-0.1, -0.05) is 23.2 Å². The van der Waals surface area contributed by atoms with Gasteiger partial charge >= 0.3 is 0 Å². The van der Waals surface area contributed by atoms with Gasteiger partial charge in [0.05, 0.1) is 5.02 Å². The monoisotopic (exact) mass is 437 g/mol. The summed E-state index contributed by atoms with van der Waals surface area (Å²) >= 11 is 14.0. The highest BCUT2D eigenvalue weighted by atomic mass is 35.5. The highest BCUT2D eigenvalue weighted by molar-refractivity contribution is 7.15. The van der Waals surface area contributed by atoms with Crippen LogP contribution in [0.5, 0.6) is 5.75 Å². The number of nitrogens with two attached hydrogens (primary N) is 1. The fourth-order valence-electron chi connectivity index (χ4n) is 3.24. The van der Waals surface area contributed by atoms with Crippen LogP contribution < -0.4 is 15.8 Å². The molecule has 0 fully saturated rings. The van der Waals surface area contributed by atoms with E-state index >= 15 is 0 Å². The van der Waals surface area contributed by atoms with Crippen molar-refractivity contribution < 1.29 is 9.13 Å². The molecule has 0 aliphatic carbocycles. The normalized spacial score (nSPS) is 14.6. The highest BCUT2D eigenvalue weighted by Crippen LogP contribution is 2.38. The molecule has 0 amide bonds. The number of hydrogen-bond acceptors (Lipinski definition) is 5. The van der Waals surface area contributed by atoms with Crippen molar-refractivity contribution in [3.63, 3.8) is 0 Å². The van der Waals surface area contributed by atoms with Crippen LogP contribution in [0.3, 0.4) is 0 Å². The predicted octanol–water partition coefficient (Wildman–Crippen LogP) is 5.62. The third kappa shape index (κ3) is 3.70. The van der Waals surface area contributed by atoms with E-state index in [-0.39, 0.29) is 10.8 Å². The Balaban J connectivity index is 1.65. The van der Waals surface area contributed by atoms with Gasteiger partial charge in [-0.2, -0.15) is 0 Å². The van der Waals surface area contributed by atoms with E-state index in [1.54, 1.807) is 24.5 Å². The van der Waals surface area contributed by atoms with Crippen molar-refractivity contribution in [2.24, 2.45) is 0 Å². The molecule has 3 heterocycles. The average Bonchev–Trinajstić information content (AvgIpc) is 3.11. The van der Waals surface area contributed by atoms with E-state index in [2.05, 4.69) is 16.4 Å². The number of nitrogens with one attached hydrogen (secondary N) is 1. The number of pyridine rings is 1. The van der Waals surface area contributed by atoms with Gasteiger partial charge in [0, 0.05) is 38.6 Å². The molecule has 1 aromatic carbocycles. The van der Waals surface area contributed by atoms with Crippen molar-refractivity contribution in [2.45, 2.75) is 26.0 Å². The van der Waals surface area contributed by atoms with Crippen molar-refractivity contribution in [3.05, 3.63) is 62.3 Å². The minimum absolute atomic E-state index is 0.0545. The van der Waals surface area contributed by atoms with Crippen LogP contribution in [-0.2, 0) is 13.0 Å². The second kappa shape index (κ2) is 7.87.